The lowest BCUT2D eigenvalue weighted by Gasteiger charge is -2.24. The summed E-state index contributed by atoms with van der Waals surface area (Å²) in [6.07, 6.45) is 3.06. The van der Waals surface area contributed by atoms with Gasteiger partial charge in [-0.25, -0.2) is 8.42 Å². The molecule has 0 spiro atoms. The number of fused-ring (bicyclic) bond motifs is 2. The third-order valence-electron chi connectivity index (χ3n) is 4.64. The van der Waals surface area contributed by atoms with E-state index in [1.165, 1.54) is 0 Å². The van der Waals surface area contributed by atoms with E-state index in [1.54, 1.807) is 22.5 Å². The molecule has 2 aliphatic heterocycles. The smallest absolute Gasteiger partial charge is 0.243 e. The zero-order chi connectivity index (χ0) is 17.2. The van der Waals surface area contributed by atoms with Crippen LogP contribution in [-0.4, -0.2) is 51.1 Å². The molecule has 0 aromatic heterocycles. The molecular formula is C17H27ClN2O4S. The van der Waals surface area contributed by atoms with Crippen LogP contribution in [0.4, 0.5) is 0 Å². The second kappa shape index (κ2) is 8.58. The van der Waals surface area contributed by atoms with E-state index in [9.17, 15) is 8.42 Å². The molecule has 2 aliphatic rings. The second-order valence-corrected chi connectivity index (χ2v) is 8.20. The predicted octanol–water partition coefficient (Wildman–Crippen LogP) is 2.42. The van der Waals surface area contributed by atoms with Crippen molar-refractivity contribution in [2.24, 2.45) is 0 Å². The van der Waals surface area contributed by atoms with Gasteiger partial charge in [0.15, 0.2) is 11.5 Å². The van der Waals surface area contributed by atoms with Gasteiger partial charge in [0.1, 0.15) is 0 Å². The number of benzene rings is 1. The molecule has 142 valence electrons. The summed E-state index contributed by atoms with van der Waals surface area (Å²) in [5.74, 6) is 1.06. The van der Waals surface area contributed by atoms with Crippen LogP contribution in [0.5, 0.6) is 11.5 Å². The van der Waals surface area contributed by atoms with E-state index in [0.29, 0.717) is 43.8 Å². The molecule has 25 heavy (non-hydrogen) atoms. The molecule has 2 saturated heterocycles. The van der Waals surface area contributed by atoms with Crippen LogP contribution in [0, 0.1) is 0 Å². The standard InChI is InChI=1S/C17H26N2O4S.ClH/c1-3-22-16-8-7-15(11-17(16)23-4-2)24(20,21)19-10-9-13-5-6-14(12-19)18-13;/h7-8,11,13-14,18H,3-6,9-10,12H2,1-2H3;1H. The van der Waals surface area contributed by atoms with Crippen LogP contribution in [0.1, 0.15) is 33.1 Å². The zero-order valence-electron chi connectivity index (χ0n) is 14.7. The fraction of sp³-hybridized carbons (Fsp3) is 0.647. The summed E-state index contributed by atoms with van der Waals surface area (Å²) in [6.45, 7) is 5.82. The van der Waals surface area contributed by atoms with E-state index in [0.717, 1.165) is 19.3 Å². The minimum atomic E-state index is -3.52. The summed E-state index contributed by atoms with van der Waals surface area (Å²) in [5.41, 5.74) is 0. The number of nitrogens with zero attached hydrogens (tertiary/aromatic N) is 1. The molecule has 1 N–H and O–H groups in total. The quantitative estimate of drug-likeness (QED) is 0.807. The van der Waals surface area contributed by atoms with Gasteiger partial charge in [0, 0.05) is 31.2 Å². The molecule has 2 fully saturated rings. The van der Waals surface area contributed by atoms with Gasteiger partial charge in [0.05, 0.1) is 18.1 Å². The van der Waals surface area contributed by atoms with Gasteiger partial charge in [-0.2, -0.15) is 4.31 Å². The lowest BCUT2D eigenvalue weighted by atomic mass is 10.1. The Morgan fingerprint density at radius 3 is 2.48 bits per heavy atom. The van der Waals surface area contributed by atoms with Crippen molar-refractivity contribution >= 4 is 22.4 Å². The predicted molar refractivity (Wildman–Crippen MR) is 99.3 cm³/mol. The molecule has 2 unspecified atom stereocenters. The Balaban J connectivity index is 0.00000225. The number of sulfonamides is 1. The highest BCUT2D eigenvalue weighted by molar-refractivity contribution is 7.89. The molecule has 0 aliphatic carbocycles. The summed E-state index contributed by atoms with van der Waals surface area (Å²) < 4.78 is 38.8. The first kappa shape index (κ1) is 20.3. The molecule has 0 saturated carbocycles. The molecule has 1 aromatic carbocycles. The molecule has 8 heteroatoms. The molecule has 0 amide bonds. The van der Waals surface area contributed by atoms with Crippen molar-refractivity contribution in [3.05, 3.63) is 18.2 Å². The molecule has 1 aromatic rings. The summed E-state index contributed by atoms with van der Waals surface area (Å²) in [6, 6.07) is 5.60. The van der Waals surface area contributed by atoms with E-state index in [2.05, 4.69) is 5.32 Å². The molecule has 2 bridgehead atoms. The van der Waals surface area contributed by atoms with Gasteiger partial charge in [-0.15, -0.1) is 12.4 Å². The number of rotatable bonds is 6. The summed E-state index contributed by atoms with van der Waals surface area (Å²) in [7, 11) is -3.52. The van der Waals surface area contributed by atoms with Gasteiger partial charge in [0.2, 0.25) is 10.0 Å². The first-order valence-electron chi connectivity index (χ1n) is 8.70. The monoisotopic (exact) mass is 390 g/mol. The largest absolute Gasteiger partial charge is 0.490 e. The maximum Gasteiger partial charge on any atom is 0.243 e. The number of halogens is 1. The summed E-state index contributed by atoms with van der Waals surface area (Å²) in [4.78, 5) is 0.271. The fourth-order valence-electron chi connectivity index (χ4n) is 3.47. The van der Waals surface area contributed by atoms with Gasteiger partial charge in [0.25, 0.3) is 0 Å². The molecule has 3 rings (SSSR count). The Hall–Kier alpha value is -1.02. The Kier molecular flexibility index (Phi) is 6.96. The number of hydrogen-bond donors (Lipinski definition) is 1. The van der Waals surface area contributed by atoms with Crippen molar-refractivity contribution in [1.29, 1.82) is 0 Å². The Morgan fingerprint density at radius 1 is 1.08 bits per heavy atom. The van der Waals surface area contributed by atoms with Crippen molar-refractivity contribution in [1.82, 2.24) is 9.62 Å². The van der Waals surface area contributed by atoms with E-state index < -0.39 is 10.0 Å². The van der Waals surface area contributed by atoms with Crippen molar-refractivity contribution in [3.8, 4) is 11.5 Å². The van der Waals surface area contributed by atoms with Crippen molar-refractivity contribution < 1.29 is 17.9 Å². The van der Waals surface area contributed by atoms with Gasteiger partial charge >= 0.3 is 0 Å². The van der Waals surface area contributed by atoms with E-state index in [4.69, 9.17) is 9.47 Å². The van der Waals surface area contributed by atoms with Gasteiger partial charge in [-0.05, 0) is 45.2 Å². The van der Waals surface area contributed by atoms with Crippen LogP contribution in [0.3, 0.4) is 0 Å². The third-order valence-corrected chi connectivity index (χ3v) is 6.50. The molecule has 2 atom stereocenters. The normalized spacial score (nSPS) is 23.6. The second-order valence-electron chi connectivity index (χ2n) is 6.26. The van der Waals surface area contributed by atoms with Gasteiger partial charge in [-0.3, -0.25) is 0 Å². The van der Waals surface area contributed by atoms with Crippen molar-refractivity contribution in [2.45, 2.75) is 50.1 Å². The average Bonchev–Trinajstić information content (AvgIpc) is 2.88. The highest BCUT2D eigenvalue weighted by atomic mass is 35.5. The highest BCUT2D eigenvalue weighted by Gasteiger charge is 2.35. The number of nitrogens with one attached hydrogen (secondary N) is 1. The van der Waals surface area contributed by atoms with Crippen molar-refractivity contribution in [3.63, 3.8) is 0 Å². The maximum atomic E-state index is 13.0. The minimum Gasteiger partial charge on any atom is -0.490 e. The zero-order valence-corrected chi connectivity index (χ0v) is 16.4. The molecule has 0 radical (unpaired) electrons. The maximum absolute atomic E-state index is 13.0. The topological polar surface area (TPSA) is 67.9 Å². The Labute approximate surface area is 156 Å². The van der Waals surface area contributed by atoms with Crippen LogP contribution < -0.4 is 14.8 Å². The molecular weight excluding hydrogens is 364 g/mol. The van der Waals surface area contributed by atoms with Crippen LogP contribution in [0.15, 0.2) is 23.1 Å². The van der Waals surface area contributed by atoms with Crippen LogP contribution in [0.25, 0.3) is 0 Å². The average molecular weight is 391 g/mol. The Morgan fingerprint density at radius 2 is 1.76 bits per heavy atom. The third kappa shape index (κ3) is 4.39. The van der Waals surface area contributed by atoms with E-state index >= 15 is 0 Å². The van der Waals surface area contributed by atoms with Gasteiger partial charge < -0.3 is 14.8 Å². The van der Waals surface area contributed by atoms with E-state index in [-0.39, 0.29) is 23.3 Å². The Bertz CT molecular complexity index is 683. The SMILES string of the molecule is CCOc1ccc(S(=O)(=O)N2CCC3CCC(C2)N3)cc1OCC.Cl. The molecule has 2 heterocycles. The van der Waals surface area contributed by atoms with Crippen molar-refractivity contribution in [2.75, 3.05) is 26.3 Å². The fourth-order valence-corrected chi connectivity index (χ4v) is 4.99. The summed E-state index contributed by atoms with van der Waals surface area (Å²) in [5, 5.41) is 3.51. The lowest BCUT2D eigenvalue weighted by molar-refractivity contribution is 0.287. The van der Waals surface area contributed by atoms with Crippen LogP contribution >= 0.6 is 12.4 Å². The van der Waals surface area contributed by atoms with Gasteiger partial charge in [-0.1, -0.05) is 0 Å². The van der Waals surface area contributed by atoms with E-state index in [1.807, 2.05) is 13.8 Å². The molecule has 6 nitrogen and oxygen atoms in total. The highest BCUT2D eigenvalue weighted by Crippen LogP contribution is 2.32. The van der Waals surface area contributed by atoms with Crippen LogP contribution in [0.2, 0.25) is 0 Å². The first-order chi connectivity index (χ1) is 11.5. The first-order valence-corrected chi connectivity index (χ1v) is 10.1. The lowest BCUT2D eigenvalue weighted by Crippen LogP contribution is -2.39. The van der Waals surface area contributed by atoms with Crippen LogP contribution in [-0.2, 0) is 10.0 Å². The minimum absolute atomic E-state index is 0. The number of ether oxygens (including phenoxy) is 2. The number of hydrogen-bond acceptors (Lipinski definition) is 5. The summed E-state index contributed by atoms with van der Waals surface area (Å²) >= 11 is 0.